The lowest BCUT2D eigenvalue weighted by Crippen LogP contribution is -2.33. The van der Waals surface area contributed by atoms with Crippen LogP contribution in [-0.4, -0.2) is 64.4 Å². The number of carbonyl (C=O) groups excluding carboxylic acids is 1. The number of nitrogens with one attached hydrogen (secondary N) is 2. The van der Waals surface area contributed by atoms with Gasteiger partial charge >= 0.3 is 0 Å². The van der Waals surface area contributed by atoms with E-state index in [1.807, 2.05) is 50.5 Å². The summed E-state index contributed by atoms with van der Waals surface area (Å²) in [5, 5.41) is 30.8. The molecule has 2 aromatic heterocycles. The van der Waals surface area contributed by atoms with Gasteiger partial charge in [-0.2, -0.15) is 0 Å². The van der Waals surface area contributed by atoms with Crippen LogP contribution in [0.3, 0.4) is 0 Å². The Balaban J connectivity index is 1.21. The highest BCUT2D eigenvalue weighted by molar-refractivity contribution is 6.33. The zero-order valence-electron chi connectivity index (χ0n) is 35.5. The molecule has 8 N–H and O–H groups in total. The number of rotatable bonds is 12. The van der Waals surface area contributed by atoms with Crippen molar-refractivity contribution >= 4 is 62.2 Å². The lowest BCUT2D eigenvalue weighted by Gasteiger charge is -2.31. The van der Waals surface area contributed by atoms with E-state index in [9.17, 15) is 10.2 Å². The quantitative estimate of drug-likeness (QED) is 0.0689. The first-order valence-corrected chi connectivity index (χ1v) is 22.2. The van der Waals surface area contributed by atoms with Gasteiger partial charge in [-0.15, -0.1) is 0 Å². The molecule has 324 valence electrons. The van der Waals surface area contributed by atoms with Crippen LogP contribution in [0.5, 0.6) is 23.0 Å². The van der Waals surface area contributed by atoms with Crippen LogP contribution in [0.1, 0.15) is 88.2 Å². The number of ketones is 1. The summed E-state index contributed by atoms with van der Waals surface area (Å²) < 4.78 is 10.9. The number of phenols is 2. The molecule has 2 aliphatic carbocycles. The molecule has 6 aromatic rings. The van der Waals surface area contributed by atoms with E-state index >= 15 is 4.79 Å². The maximum absolute atomic E-state index is 15.1. The highest BCUT2D eigenvalue weighted by Gasteiger charge is 2.31. The molecule has 0 amide bonds. The van der Waals surface area contributed by atoms with Gasteiger partial charge in [-0.3, -0.25) is 14.8 Å². The molecule has 0 radical (unpaired) electrons. The second-order valence-electron chi connectivity index (χ2n) is 17.0. The van der Waals surface area contributed by atoms with Crippen molar-refractivity contribution < 1.29 is 24.5 Å². The monoisotopic (exact) mass is 876 g/mol. The highest BCUT2D eigenvalue weighted by atomic mass is 35.5. The van der Waals surface area contributed by atoms with E-state index in [0.29, 0.717) is 0 Å². The Morgan fingerprint density at radius 1 is 0.629 bits per heavy atom. The molecule has 62 heavy (non-hydrogen) atoms. The molecule has 2 aliphatic rings. The number of fused-ring (bicyclic) bond motifs is 2. The number of aromatic hydroxyl groups is 2. The number of hydrogen-bond donors (Lipinski definition) is 6. The van der Waals surface area contributed by atoms with E-state index in [-0.39, 0.29) is 63.0 Å². The Kier molecular flexibility index (Phi) is 12.7. The highest BCUT2D eigenvalue weighted by Crippen LogP contribution is 2.44. The molecule has 0 aliphatic heterocycles. The van der Waals surface area contributed by atoms with Gasteiger partial charge in [-0.05, 0) is 122 Å². The van der Waals surface area contributed by atoms with E-state index < -0.39 is 11.8 Å². The number of nitrogens with two attached hydrogens (primary N) is 2. The van der Waals surface area contributed by atoms with E-state index in [1.165, 1.54) is 14.2 Å². The summed E-state index contributed by atoms with van der Waals surface area (Å²) >= 11 is 12.9. The molecular formula is C49H54Cl2N6O5. The van der Waals surface area contributed by atoms with Gasteiger partial charge in [0.25, 0.3) is 0 Å². The zero-order chi connectivity index (χ0) is 43.8. The maximum atomic E-state index is 15.1. The normalized spacial score (nSPS) is 20.1. The molecule has 2 fully saturated rings. The molecule has 0 bridgehead atoms. The first kappa shape index (κ1) is 43.3. The largest absolute Gasteiger partial charge is 0.503 e. The van der Waals surface area contributed by atoms with Gasteiger partial charge in [0.15, 0.2) is 23.0 Å². The van der Waals surface area contributed by atoms with Crippen LogP contribution >= 0.6 is 23.2 Å². The molecule has 2 heterocycles. The summed E-state index contributed by atoms with van der Waals surface area (Å²) in [5.74, 6) is -0.786. The van der Waals surface area contributed by atoms with Crippen LogP contribution in [0.15, 0.2) is 73.1 Å². The smallest absolute Gasteiger partial charge is 0.176 e. The number of aromatic nitrogens is 2. The molecule has 2 atom stereocenters. The van der Waals surface area contributed by atoms with Gasteiger partial charge in [0.1, 0.15) is 5.78 Å². The van der Waals surface area contributed by atoms with Crippen LogP contribution in [0.4, 0.5) is 11.4 Å². The number of ether oxygens (including phenoxy) is 2. The number of methoxy groups -OCH3 is 2. The predicted molar refractivity (Wildman–Crippen MR) is 250 cm³/mol. The molecule has 2 saturated carbocycles. The Morgan fingerprint density at radius 2 is 1.02 bits per heavy atom. The number of nitrogens with zero attached hydrogens (tertiary/aromatic N) is 2. The second-order valence-corrected chi connectivity index (χ2v) is 17.8. The summed E-state index contributed by atoms with van der Waals surface area (Å²) in [7, 11) is 2.98. The Hall–Kier alpha value is -5.33. The van der Waals surface area contributed by atoms with Gasteiger partial charge in [-0.1, -0.05) is 49.2 Å². The van der Waals surface area contributed by atoms with Crippen molar-refractivity contribution in [2.75, 3.05) is 24.9 Å². The SMILES string of the molecule is COc1cc(-c2ccc3ncc(C(C)C(=O)C(C)c4cnc5ccc(-c6cc(Cl)c(O)c(OC)c6)cc5c4NC4CCC(N)CC4)c(NC4CCC(N)CC4)c3c2)cc(Cl)c1O. The lowest BCUT2D eigenvalue weighted by molar-refractivity contribution is -0.121. The molecule has 2 unspecified atom stereocenters. The van der Waals surface area contributed by atoms with Crippen LogP contribution in [0, 0.1) is 0 Å². The topological polar surface area (TPSA) is 178 Å². The Labute approximate surface area is 372 Å². The Morgan fingerprint density at radius 3 is 1.39 bits per heavy atom. The summed E-state index contributed by atoms with van der Waals surface area (Å²) in [6.07, 6.45) is 10.9. The third-order valence-corrected chi connectivity index (χ3v) is 13.6. The van der Waals surface area contributed by atoms with Crippen molar-refractivity contribution in [3.63, 3.8) is 0 Å². The minimum atomic E-state index is -0.559. The van der Waals surface area contributed by atoms with Crippen molar-refractivity contribution in [3.8, 4) is 45.3 Å². The van der Waals surface area contributed by atoms with Crippen LogP contribution < -0.4 is 31.6 Å². The fourth-order valence-corrected chi connectivity index (χ4v) is 9.58. The number of halogens is 2. The number of benzene rings is 4. The zero-order valence-corrected chi connectivity index (χ0v) is 37.0. The van der Waals surface area contributed by atoms with E-state index in [0.717, 1.165) is 118 Å². The van der Waals surface area contributed by atoms with Crippen molar-refractivity contribution in [1.82, 2.24) is 9.97 Å². The minimum Gasteiger partial charge on any atom is -0.503 e. The van der Waals surface area contributed by atoms with Crippen molar-refractivity contribution in [2.45, 2.75) is 101 Å². The first-order valence-electron chi connectivity index (χ1n) is 21.4. The number of phenolic OH excluding ortho intramolecular Hbond substituents is 2. The fourth-order valence-electron chi connectivity index (χ4n) is 9.16. The molecule has 4 aromatic carbocycles. The van der Waals surface area contributed by atoms with Crippen LogP contribution in [0.25, 0.3) is 44.1 Å². The standard InChI is InChI=1S/C49H54Cl2N6O5/c1-25(37-23-54-41-15-5-27(29-19-39(50)48(59)43(21-29)61-3)17-35(41)45(37)56-33-11-7-31(52)8-12-33)47(58)26(2)38-24-55-42-16-6-28(30-20-40(51)49(60)44(22-30)62-4)18-36(42)46(38)57-34-13-9-32(53)10-14-34/h5-6,15-26,31-34,59-60H,7-14,52-53H2,1-4H3,(H,54,56)(H,55,57). The molecule has 13 heteroatoms. The number of pyridine rings is 2. The van der Waals surface area contributed by atoms with E-state index in [4.69, 9.17) is 54.1 Å². The minimum absolute atomic E-state index is 0.0205. The van der Waals surface area contributed by atoms with Crippen molar-refractivity contribution in [2.24, 2.45) is 11.5 Å². The molecule has 0 spiro atoms. The number of carbonyl (C=O) groups is 1. The van der Waals surface area contributed by atoms with Gasteiger partial charge in [0, 0.05) is 81.7 Å². The van der Waals surface area contributed by atoms with Gasteiger partial charge in [0.2, 0.25) is 0 Å². The van der Waals surface area contributed by atoms with Crippen molar-refractivity contribution in [3.05, 3.63) is 94.2 Å². The molecule has 0 saturated heterocycles. The fraction of sp³-hybridized carbons (Fsp3) is 0.367. The van der Waals surface area contributed by atoms with Gasteiger partial charge < -0.3 is 41.8 Å². The predicted octanol–water partition coefficient (Wildman–Crippen LogP) is 10.7. The summed E-state index contributed by atoms with van der Waals surface area (Å²) in [4.78, 5) is 24.9. The summed E-state index contributed by atoms with van der Waals surface area (Å²) in [5.41, 5.74) is 20.8. The lowest BCUT2D eigenvalue weighted by atomic mass is 9.83. The second kappa shape index (κ2) is 18.2. The third kappa shape index (κ3) is 8.68. The molecule has 8 rings (SSSR count). The van der Waals surface area contributed by atoms with Crippen LogP contribution in [0.2, 0.25) is 10.0 Å². The number of anilines is 2. The summed E-state index contributed by atoms with van der Waals surface area (Å²) in [6.45, 7) is 3.92. The first-order chi connectivity index (χ1) is 29.8. The van der Waals surface area contributed by atoms with Crippen LogP contribution in [-0.2, 0) is 4.79 Å². The summed E-state index contributed by atoms with van der Waals surface area (Å²) in [6, 6.07) is 19.6. The molecule has 11 nitrogen and oxygen atoms in total. The van der Waals surface area contributed by atoms with E-state index in [2.05, 4.69) is 22.8 Å². The number of hydrogen-bond acceptors (Lipinski definition) is 11. The molecular weight excluding hydrogens is 823 g/mol. The average Bonchev–Trinajstić information content (AvgIpc) is 3.28. The third-order valence-electron chi connectivity index (χ3n) is 13.0. The van der Waals surface area contributed by atoms with E-state index in [1.54, 1.807) is 24.3 Å². The average molecular weight is 878 g/mol. The number of Topliss-reactive ketones (excluding diaryl/α,β-unsaturated/α-hetero) is 1. The maximum Gasteiger partial charge on any atom is 0.176 e. The van der Waals surface area contributed by atoms with Gasteiger partial charge in [0.05, 0.1) is 35.3 Å². The Bertz CT molecular complexity index is 2460. The van der Waals surface area contributed by atoms with Gasteiger partial charge in [-0.25, -0.2) is 0 Å². The van der Waals surface area contributed by atoms with Crippen molar-refractivity contribution in [1.29, 1.82) is 0 Å².